The number of rotatable bonds is 6. The molecule has 1 aliphatic rings. The van der Waals surface area contributed by atoms with Crippen LogP contribution < -0.4 is 10.6 Å². The number of hydrogen-bond acceptors (Lipinski definition) is 4. The largest absolute Gasteiger partial charge is 0.348 e. The summed E-state index contributed by atoms with van der Waals surface area (Å²) >= 11 is 0. The molecule has 33 heavy (non-hydrogen) atoms. The maximum absolute atomic E-state index is 13.6. The number of sulfonamides is 1. The first-order valence-electron chi connectivity index (χ1n) is 11.0. The normalized spacial score (nSPS) is 16.9. The number of carbonyl (C=O) groups is 2. The summed E-state index contributed by atoms with van der Waals surface area (Å²) in [6.07, 6.45) is 2.65. The zero-order valence-corrected chi connectivity index (χ0v) is 20.0. The SMILES string of the molecule is Cc1ccc(NC(=O)C(=O)NCC[C@@H]2CCCCN2S(=O)(=O)c2ccc(F)c(C)c2)c(C)c1. The Labute approximate surface area is 194 Å². The molecule has 1 aliphatic heterocycles. The molecular formula is C24H30FN3O4S. The van der Waals surface area contributed by atoms with Gasteiger partial charge in [0.25, 0.3) is 0 Å². The Morgan fingerprint density at radius 3 is 2.48 bits per heavy atom. The minimum atomic E-state index is -3.79. The van der Waals surface area contributed by atoms with Crippen molar-refractivity contribution in [3.63, 3.8) is 0 Å². The molecule has 0 saturated carbocycles. The Bertz CT molecular complexity index is 1150. The average Bonchev–Trinajstić information content (AvgIpc) is 2.77. The Morgan fingerprint density at radius 2 is 1.79 bits per heavy atom. The van der Waals surface area contributed by atoms with Crippen LogP contribution in [-0.2, 0) is 19.6 Å². The molecule has 1 saturated heterocycles. The van der Waals surface area contributed by atoms with Crippen molar-refractivity contribution in [1.29, 1.82) is 0 Å². The fraction of sp³-hybridized carbons (Fsp3) is 0.417. The van der Waals surface area contributed by atoms with Crippen molar-refractivity contribution in [2.45, 2.75) is 57.4 Å². The first-order valence-corrected chi connectivity index (χ1v) is 12.5. The zero-order valence-electron chi connectivity index (χ0n) is 19.2. The zero-order chi connectivity index (χ0) is 24.2. The van der Waals surface area contributed by atoms with E-state index in [0.29, 0.717) is 25.1 Å². The van der Waals surface area contributed by atoms with Gasteiger partial charge in [0.1, 0.15) is 5.82 Å². The van der Waals surface area contributed by atoms with Crippen LogP contribution in [0.1, 0.15) is 42.4 Å². The number of aryl methyl sites for hydroxylation is 3. The third-order valence-electron chi connectivity index (χ3n) is 5.91. The molecule has 178 valence electrons. The maximum atomic E-state index is 13.6. The summed E-state index contributed by atoms with van der Waals surface area (Å²) in [6, 6.07) is 8.98. The summed E-state index contributed by atoms with van der Waals surface area (Å²) < 4.78 is 41.4. The first-order chi connectivity index (χ1) is 15.6. The number of benzene rings is 2. The van der Waals surface area contributed by atoms with Gasteiger partial charge in [-0.1, -0.05) is 24.1 Å². The highest BCUT2D eigenvalue weighted by molar-refractivity contribution is 7.89. The molecule has 0 aliphatic carbocycles. The second-order valence-electron chi connectivity index (χ2n) is 8.49. The molecular weight excluding hydrogens is 445 g/mol. The van der Waals surface area contributed by atoms with Crippen molar-refractivity contribution in [1.82, 2.24) is 9.62 Å². The molecule has 1 fully saturated rings. The quantitative estimate of drug-likeness (QED) is 0.626. The lowest BCUT2D eigenvalue weighted by atomic mass is 10.0. The third-order valence-corrected chi connectivity index (χ3v) is 7.86. The molecule has 3 rings (SSSR count). The van der Waals surface area contributed by atoms with Crippen molar-refractivity contribution >= 4 is 27.5 Å². The molecule has 1 heterocycles. The summed E-state index contributed by atoms with van der Waals surface area (Å²) in [5.74, 6) is -1.99. The van der Waals surface area contributed by atoms with Crippen LogP contribution >= 0.6 is 0 Å². The Morgan fingerprint density at radius 1 is 1.03 bits per heavy atom. The number of nitrogens with zero attached hydrogens (tertiary/aromatic N) is 1. The van der Waals surface area contributed by atoms with E-state index in [1.807, 2.05) is 26.0 Å². The molecule has 0 radical (unpaired) electrons. The Hall–Kier alpha value is -2.78. The van der Waals surface area contributed by atoms with E-state index in [4.69, 9.17) is 0 Å². The summed E-state index contributed by atoms with van der Waals surface area (Å²) in [4.78, 5) is 24.5. The molecule has 2 N–H and O–H groups in total. The van der Waals surface area contributed by atoms with E-state index < -0.39 is 27.7 Å². The van der Waals surface area contributed by atoms with Crippen LogP contribution in [0.25, 0.3) is 0 Å². The summed E-state index contributed by atoms with van der Waals surface area (Å²) in [6.45, 7) is 5.85. The van der Waals surface area contributed by atoms with Crippen molar-refractivity contribution < 1.29 is 22.4 Å². The molecule has 2 amide bonds. The van der Waals surface area contributed by atoms with Crippen LogP contribution in [-0.4, -0.2) is 43.7 Å². The number of nitrogens with one attached hydrogen (secondary N) is 2. The lowest BCUT2D eigenvalue weighted by molar-refractivity contribution is -0.136. The number of amides is 2. The van der Waals surface area contributed by atoms with Crippen molar-refractivity contribution in [3.05, 3.63) is 58.9 Å². The van der Waals surface area contributed by atoms with Gasteiger partial charge in [0.15, 0.2) is 0 Å². The van der Waals surface area contributed by atoms with Gasteiger partial charge in [-0.15, -0.1) is 0 Å². The van der Waals surface area contributed by atoms with Gasteiger partial charge in [0.05, 0.1) is 4.90 Å². The predicted molar refractivity (Wildman–Crippen MR) is 125 cm³/mol. The molecule has 9 heteroatoms. The van der Waals surface area contributed by atoms with Gasteiger partial charge in [-0.25, -0.2) is 12.8 Å². The second-order valence-corrected chi connectivity index (χ2v) is 10.4. The molecule has 0 unspecified atom stereocenters. The molecule has 2 aromatic rings. The van der Waals surface area contributed by atoms with Gasteiger partial charge < -0.3 is 10.6 Å². The standard InChI is InChI=1S/C24H30FN3O4S/c1-16-7-10-22(18(3)14-16)27-24(30)23(29)26-12-11-19-6-4-5-13-28(19)33(31,32)20-8-9-21(25)17(2)15-20/h7-10,14-15,19H,4-6,11-13H2,1-3H3,(H,26,29)(H,27,30)/t19-/m0/s1. The second kappa shape index (κ2) is 10.4. The molecule has 7 nitrogen and oxygen atoms in total. The molecule has 0 aromatic heterocycles. The molecule has 0 spiro atoms. The van der Waals surface area contributed by atoms with E-state index >= 15 is 0 Å². The van der Waals surface area contributed by atoms with Gasteiger partial charge in [0, 0.05) is 24.8 Å². The molecule has 2 aromatic carbocycles. The summed E-state index contributed by atoms with van der Waals surface area (Å²) in [5.41, 5.74) is 2.75. The van der Waals surface area contributed by atoms with Gasteiger partial charge in [-0.05, 0) is 75.4 Å². The summed E-state index contributed by atoms with van der Waals surface area (Å²) in [5, 5.41) is 5.19. The minimum absolute atomic E-state index is 0.0604. The van der Waals surface area contributed by atoms with Gasteiger partial charge in [-0.2, -0.15) is 4.31 Å². The predicted octanol–water partition coefficient (Wildman–Crippen LogP) is 3.44. The van der Waals surface area contributed by atoms with E-state index in [2.05, 4.69) is 10.6 Å². The maximum Gasteiger partial charge on any atom is 0.313 e. The highest BCUT2D eigenvalue weighted by Crippen LogP contribution is 2.27. The minimum Gasteiger partial charge on any atom is -0.348 e. The van der Waals surface area contributed by atoms with Crippen LogP contribution in [0.2, 0.25) is 0 Å². The number of piperidine rings is 1. The lowest BCUT2D eigenvalue weighted by Crippen LogP contribution is -2.45. The molecule has 0 bridgehead atoms. The van der Waals surface area contributed by atoms with Gasteiger partial charge in [-0.3, -0.25) is 9.59 Å². The smallest absolute Gasteiger partial charge is 0.313 e. The van der Waals surface area contributed by atoms with E-state index in [1.54, 1.807) is 6.07 Å². The highest BCUT2D eigenvalue weighted by atomic mass is 32.2. The highest BCUT2D eigenvalue weighted by Gasteiger charge is 2.33. The van der Waals surface area contributed by atoms with Gasteiger partial charge >= 0.3 is 11.8 Å². The van der Waals surface area contributed by atoms with E-state index in [1.165, 1.54) is 23.4 Å². The van der Waals surface area contributed by atoms with E-state index in [9.17, 15) is 22.4 Å². The van der Waals surface area contributed by atoms with E-state index in [-0.39, 0.29) is 23.0 Å². The van der Waals surface area contributed by atoms with Crippen molar-refractivity contribution in [3.8, 4) is 0 Å². The Balaban J connectivity index is 1.60. The van der Waals surface area contributed by atoms with Crippen LogP contribution in [0.5, 0.6) is 0 Å². The summed E-state index contributed by atoms with van der Waals surface area (Å²) in [7, 11) is -3.79. The van der Waals surface area contributed by atoms with Crippen LogP contribution in [0.4, 0.5) is 10.1 Å². The first kappa shape index (κ1) is 24.9. The topological polar surface area (TPSA) is 95.6 Å². The average molecular weight is 476 g/mol. The number of anilines is 1. The fourth-order valence-electron chi connectivity index (χ4n) is 4.06. The number of halogens is 1. The molecule has 1 atom stereocenters. The third kappa shape index (κ3) is 5.97. The fourth-order valence-corrected chi connectivity index (χ4v) is 5.87. The van der Waals surface area contributed by atoms with Gasteiger partial charge in [0.2, 0.25) is 10.0 Å². The Kier molecular flexibility index (Phi) is 7.86. The number of carbonyl (C=O) groups excluding carboxylic acids is 2. The van der Waals surface area contributed by atoms with Crippen molar-refractivity contribution in [2.75, 3.05) is 18.4 Å². The van der Waals surface area contributed by atoms with Crippen LogP contribution in [0.3, 0.4) is 0 Å². The van der Waals surface area contributed by atoms with Crippen molar-refractivity contribution in [2.24, 2.45) is 0 Å². The van der Waals surface area contributed by atoms with Crippen LogP contribution in [0, 0.1) is 26.6 Å². The van der Waals surface area contributed by atoms with Crippen LogP contribution in [0.15, 0.2) is 41.3 Å². The monoisotopic (exact) mass is 475 g/mol. The number of hydrogen-bond donors (Lipinski definition) is 2. The lowest BCUT2D eigenvalue weighted by Gasteiger charge is -2.34. The van der Waals surface area contributed by atoms with E-state index in [0.717, 1.165) is 30.0 Å².